The second kappa shape index (κ2) is 6.34. The number of carbonyl (C=O) groups excluding carboxylic acids is 1. The second-order valence-corrected chi connectivity index (χ2v) is 4.77. The van der Waals surface area contributed by atoms with Gasteiger partial charge in [-0.25, -0.2) is 0 Å². The normalized spacial score (nSPS) is 10.6. The van der Waals surface area contributed by atoms with Gasteiger partial charge in [0.15, 0.2) is 0 Å². The van der Waals surface area contributed by atoms with Gasteiger partial charge in [-0.15, -0.1) is 0 Å². The Morgan fingerprint density at radius 2 is 2.00 bits per heavy atom. The van der Waals surface area contributed by atoms with E-state index in [0.29, 0.717) is 6.54 Å². The first-order valence-electron chi connectivity index (χ1n) is 6.65. The monoisotopic (exact) mass is 272 g/mol. The Morgan fingerprint density at radius 3 is 2.65 bits per heavy atom. The Morgan fingerprint density at radius 1 is 1.30 bits per heavy atom. The van der Waals surface area contributed by atoms with Gasteiger partial charge in [-0.3, -0.25) is 9.48 Å². The number of carbonyl (C=O) groups is 1. The molecule has 5 nitrogen and oxygen atoms in total. The molecule has 20 heavy (non-hydrogen) atoms. The summed E-state index contributed by atoms with van der Waals surface area (Å²) in [5.41, 5.74) is 9.56. The molecule has 106 valence electrons. The standard InChI is InChI=1S/C15H20N4O/c1-11-14(9-17-15(20)8-16)12(2)19(18-11)10-13-6-4-3-5-7-13/h3-7H,8-10,16H2,1-2H3,(H,17,20). The molecule has 0 fully saturated rings. The zero-order valence-electron chi connectivity index (χ0n) is 11.9. The van der Waals surface area contributed by atoms with Gasteiger partial charge in [-0.2, -0.15) is 5.10 Å². The van der Waals surface area contributed by atoms with Gasteiger partial charge in [0, 0.05) is 17.8 Å². The lowest BCUT2D eigenvalue weighted by atomic mass is 10.2. The minimum atomic E-state index is -0.153. The lowest BCUT2D eigenvalue weighted by molar-refractivity contribution is -0.119. The van der Waals surface area contributed by atoms with Crippen LogP contribution in [-0.2, 0) is 17.9 Å². The maximum absolute atomic E-state index is 11.2. The Balaban J connectivity index is 2.14. The molecule has 0 spiro atoms. The van der Waals surface area contributed by atoms with Crippen molar-refractivity contribution in [3.8, 4) is 0 Å². The smallest absolute Gasteiger partial charge is 0.234 e. The van der Waals surface area contributed by atoms with Gasteiger partial charge in [0.2, 0.25) is 5.91 Å². The van der Waals surface area contributed by atoms with Crippen molar-refractivity contribution in [1.82, 2.24) is 15.1 Å². The van der Waals surface area contributed by atoms with E-state index >= 15 is 0 Å². The molecule has 0 aliphatic carbocycles. The molecule has 1 aromatic heterocycles. The number of rotatable bonds is 5. The number of benzene rings is 1. The predicted molar refractivity (Wildman–Crippen MR) is 78.1 cm³/mol. The van der Waals surface area contributed by atoms with Crippen LogP contribution in [0.25, 0.3) is 0 Å². The molecule has 0 unspecified atom stereocenters. The van der Waals surface area contributed by atoms with E-state index in [1.165, 1.54) is 5.56 Å². The Hall–Kier alpha value is -2.14. The molecule has 2 aromatic rings. The number of hydrogen-bond acceptors (Lipinski definition) is 3. The van der Waals surface area contributed by atoms with E-state index in [-0.39, 0.29) is 12.5 Å². The average Bonchev–Trinajstić information content (AvgIpc) is 2.72. The summed E-state index contributed by atoms with van der Waals surface area (Å²) in [6, 6.07) is 10.2. The van der Waals surface area contributed by atoms with E-state index in [1.54, 1.807) is 0 Å². The van der Waals surface area contributed by atoms with Crippen molar-refractivity contribution in [3.63, 3.8) is 0 Å². The van der Waals surface area contributed by atoms with Crippen LogP contribution < -0.4 is 11.1 Å². The summed E-state index contributed by atoms with van der Waals surface area (Å²) in [4.78, 5) is 11.2. The minimum absolute atomic E-state index is 0.0102. The molecule has 0 aliphatic heterocycles. The minimum Gasteiger partial charge on any atom is -0.351 e. The summed E-state index contributed by atoms with van der Waals surface area (Å²) < 4.78 is 1.97. The molecule has 3 N–H and O–H groups in total. The molecule has 1 amide bonds. The summed E-state index contributed by atoms with van der Waals surface area (Å²) in [6.45, 7) is 5.20. The first kappa shape index (κ1) is 14.3. The third-order valence-electron chi connectivity index (χ3n) is 3.35. The van der Waals surface area contributed by atoms with Crippen LogP contribution >= 0.6 is 0 Å². The van der Waals surface area contributed by atoms with Gasteiger partial charge in [0.25, 0.3) is 0 Å². The fourth-order valence-corrected chi connectivity index (χ4v) is 2.16. The van der Waals surface area contributed by atoms with E-state index in [4.69, 9.17) is 5.73 Å². The highest BCUT2D eigenvalue weighted by Gasteiger charge is 2.12. The number of amides is 1. The zero-order chi connectivity index (χ0) is 14.5. The first-order chi connectivity index (χ1) is 9.61. The average molecular weight is 272 g/mol. The van der Waals surface area contributed by atoms with Crippen molar-refractivity contribution in [2.45, 2.75) is 26.9 Å². The molecule has 0 atom stereocenters. The van der Waals surface area contributed by atoms with Crippen molar-refractivity contribution >= 4 is 5.91 Å². The van der Waals surface area contributed by atoms with Crippen LogP contribution in [0.4, 0.5) is 0 Å². The maximum Gasteiger partial charge on any atom is 0.234 e. The molecular weight excluding hydrogens is 252 g/mol. The van der Waals surface area contributed by atoms with Crippen LogP contribution in [0.1, 0.15) is 22.5 Å². The highest BCUT2D eigenvalue weighted by Crippen LogP contribution is 2.14. The zero-order valence-corrected chi connectivity index (χ0v) is 11.9. The topological polar surface area (TPSA) is 72.9 Å². The van der Waals surface area contributed by atoms with E-state index in [1.807, 2.05) is 36.7 Å². The Bertz CT molecular complexity index is 589. The summed E-state index contributed by atoms with van der Waals surface area (Å²) in [5.74, 6) is -0.153. The number of aryl methyl sites for hydroxylation is 1. The van der Waals surface area contributed by atoms with Gasteiger partial charge in [-0.05, 0) is 19.4 Å². The van der Waals surface area contributed by atoms with Crippen LogP contribution in [0.15, 0.2) is 30.3 Å². The lowest BCUT2D eigenvalue weighted by Crippen LogP contribution is -2.30. The lowest BCUT2D eigenvalue weighted by Gasteiger charge is -2.06. The van der Waals surface area contributed by atoms with Crippen molar-refractivity contribution in [1.29, 1.82) is 0 Å². The number of nitrogens with two attached hydrogens (primary N) is 1. The molecular formula is C15H20N4O. The van der Waals surface area contributed by atoms with Crippen molar-refractivity contribution in [2.24, 2.45) is 5.73 Å². The molecule has 0 radical (unpaired) electrons. The van der Waals surface area contributed by atoms with E-state index < -0.39 is 0 Å². The molecule has 1 aromatic carbocycles. The van der Waals surface area contributed by atoms with Crippen LogP contribution in [0, 0.1) is 13.8 Å². The number of nitrogens with one attached hydrogen (secondary N) is 1. The molecule has 0 bridgehead atoms. The molecule has 0 aliphatic rings. The molecule has 1 heterocycles. The first-order valence-corrected chi connectivity index (χ1v) is 6.65. The number of nitrogens with zero attached hydrogens (tertiary/aromatic N) is 2. The number of hydrogen-bond donors (Lipinski definition) is 2. The maximum atomic E-state index is 11.2. The SMILES string of the molecule is Cc1nn(Cc2ccccc2)c(C)c1CNC(=O)CN. The van der Waals surface area contributed by atoms with E-state index in [9.17, 15) is 4.79 Å². The second-order valence-electron chi connectivity index (χ2n) is 4.77. The van der Waals surface area contributed by atoms with Gasteiger partial charge in [0.05, 0.1) is 18.8 Å². The van der Waals surface area contributed by atoms with Crippen LogP contribution in [0.3, 0.4) is 0 Å². The van der Waals surface area contributed by atoms with Crippen molar-refractivity contribution in [3.05, 3.63) is 52.8 Å². The van der Waals surface area contributed by atoms with Gasteiger partial charge in [-0.1, -0.05) is 30.3 Å². The van der Waals surface area contributed by atoms with Crippen molar-refractivity contribution < 1.29 is 4.79 Å². The summed E-state index contributed by atoms with van der Waals surface area (Å²) >= 11 is 0. The molecule has 5 heteroatoms. The van der Waals surface area contributed by atoms with Crippen molar-refractivity contribution in [2.75, 3.05) is 6.54 Å². The number of aromatic nitrogens is 2. The molecule has 0 saturated heterocycles. The predicted octanol–water partition coefficient (Wildman–Crippen LogP) is 1.12. The van der Waals surface area contributed by atoms with Crippen LogP contribution in [0.2, 0.25) is 0 Å². The van der Waals surface area contributed by atoms with Gasteiger partial charge in [0.1, 0.15) is 0 Å². The Labute approximate surface area is 118 Å². The van der Waals surface area contributed by atoms with Gasteiger partial charge >= 0.3 is 0 Å². The summed E-state index contributed by atoms with van der Waals surface area (Å²) in [6.07, 6.45) is 0. The molecule has 0 saturated carbocycles. The van der Waals surface area contributed by atoms with Crippen LogP contribution in [0.5, 0.6) is 0 Å². The quantitative estimate of drug-likeness (QED) is 0.856. The third kappa shape index (κ3) is 3.24. The summed E-state index contributed by atoms with van der Waals surface area (Å²) in [5, 5.41) is 7.33. The molecule has 2 rings (SSSR count). The van der Waals surface area contributed by atoms with E-state index in [2.05, 4.69) is 22.5 Å². The van der Waals surface area contributed by atoms with E-state index in [0.717, 1.165) is 23.5 Å². The highest BCUT2D eigenvalue weighted by atomic mass is 16.1. The highest BCUT2D eigenvalue weighted by molar-refractivity contribution is 5.77. The fourth-order valence-electron chi connectivity index (χ4n) is 2.16. The van der Waals surface area contributed by atoms with Gasteiger partial charge < -0.3 is 11.1 Å². The Kier molecular flexibility index (Phi) is 4.53. The largest absolute Gasteiger partial charge is 0.351 e. The third-order valence-corrected chi connectivity index (χ3v) is 3.35. The fraction of sp³-hybridized carbons (Fsp3) is 0.333. The van der Waals surface area contributed by atoms with Crippen LogP contribution in [-0.4, -0.2) is 22.2 Å². The summed E-state index contributed by atoms with van der Waals surface area (Å²) in [7, 11) is 0.